The van der Waals surface area contributed by atoms with Crippen LogP contribution in [0.4, 0.5) is 0 Å². The number of likely N-dealkylation sites (tertiary alicyclic amines) is 1. The van der Waals surface area contributed by atoms with Crippen LogP contribution in [-0.4, -0.2) is 38.4 Å². The van der Waals surface area contributed by atoms with Crippen LogP contribution < -0.4 is 0 Å². The molecule has 0 aromatic carbocycles. The summed E-state index contributed by atoms with van der Waals surface area (Å²) in [5, 5.41) is 0. The van der Waals surface area contributed by atoms with Crippen molar-refractivity contribution in [1.29, 1.82) is 0 Å². The predicted molar refractivity (Wildman–Crippen MR) is 94.3 cm³/mol. The number of aryl methyl sites for hydroxylation is 1. The predicted octanol–water partition coefficient (Wildman–Crippen LogP) is 2.92. The molecule has 0 bridgehead atoms. The molecule has 5 heteroatoms. The third-order valence-electron chi connectivity index (χ3n) is 4.60. The van der Waals surface area contributed by atoms with Crippen LogP contribution in [0.1, 0.15) is 32.9 Å². The molecule has 1 fully saturated rings. The van der Waals surface area contributed by atoms with Gasteiger partial charge in [0.25, 0.3) is 0 Å². The monoisotopic (exact) mass is 326 g/mol. The highest BCUT2D eigenvalue weighted by Gasteiger charge is 2.32. The third-order valence-corrected chi connectivity index (χ3v) is 4.60. The summed E-state index contributed by atoms with van der Waals surface area (Å²) in [6.45, 7) is 7.67. The Hall–Kier alpha value is -2.17. The second-order valence-corrected chi connectivity index (χ2v) is 7.76. The van der Waals surface area contributed by atoms with Gasteiger partial charge in [-0.3, -0.25) is 9.78 Å². The number of hydrogen-bond acceptors (Lipinski definition) is 3. The number of carbonyl (C=O) groups is 1. The Morgan fingerprint density at radius 1 is 1.33 bits per heavy atom. The van der Waals surface area contributed by atoms with Crippen molar-refractivity contribution in [2.45, 2.75) is 33.6 Å². The topological polar surface area (TPSA) is 51.0 Å². The van der Waals surface area contributed by atoms with Gasteiger partial charge in [0.15, 0.2) is 0 Å². The highest BCUT2D eigenvalue weighted by atomic mass is 16.2. The lowest BCUT2D eigenvalue weighted by Gasteiger charge is -2.25. The fourth-order valence-electron chi connectivity index (χ4n) is 3.29. The fraction of sp³-hybridized carbons (Fsp3) is 0.526. The summed E-state index contributed by atoms with van der Waals surface area (Å²) in [5.74, 6) is 0.743. The first-order valence-electron chi connectivity index (χ1n) is 8.56. The Morgan fingerprint density at radius 3 is 2.79 bits per heavy atom. The normalized spacial score (nSPS) is 18.2. The summed E-state index contributed by atoms with van der Waals surface area (Å²) in [6.07, 6.45) is 5.60. The molecule has 128 valence electrons. The van der Waals surface area contributed by atoms with Gasteiger partial charge in [0, 0.05) is 31.2 Å². The standard InChI is InChI=1S/C19H26N4O/c1-19(2,3)18(24)23-9-8-14(12-23)10-15-6-5-7-16(21-15)17-11-20-13-22(17)4/h5-7,11,13-14H,8-10,12H2,1-4H3/t14-/m1/s1. The maximum Gasteiger partial charge on any atom is 0.227 e. The van der Waals surface area contributed by atoms with E-state index in [1.54, 1.807) is 6.33 Å². The van der Waals surface area contributed by atoms with Gasteiger partial charge in [-0.25, -0.2) is 4.98 Å². The molecule has 0 unspecified atom stereocenters. The van der Waals surface area contributed by atoms with Crippen LogP contribution in [0.5, 0.6) is 0 Å². The lowest BCUT2D eigenvalue weighted by molar-refractivity contribution is -0.138. The number of aromatic nitrogens is 3. The maximum absolute atomic E-state index is 12.4. The first-order chi connectivity index (χ1) is 11.3. The minimum atomic E-state index is -0.299. The number of imidazole rings is 1. The molecule has 0 saturated carbocycles. The molecule has 3 rings (SSSR count). The summed E-state index contributed by atoms with van der Waals surface area (Å²) in [6, 6.07) is 6.15. The second-order valence-electron chi connectivity index (χ2n) is 7.76. The van der Waals surface area contributed by atoms with E-state index in [9.17, 15) is 4.79 Å². The van der Waals surface area contributed by atoms with E-state index in [4.69, 9.17) is 4.98 Å². The summed E-state index contributed by atoms with van der Waals surface area (Å²) >= 11 is 0. The van der Waals surface area contributed by atoms with Crippen molar-refractivity contribution in [2.24, 2.45) is 18.4 Å². The molecule has 3 heterocycles. The molecule has 1 amide bonds. The van der Waals surface area contributed by atoms with Crippen LogP contribution >= 0.6 is 0 Å². The van der Waals surface area contributed by atoms with Crippen LogP contribution in [0.2, 0.25) is 0 Å². The van der Waals surface area contributed by atoms with Gasteiger partial charge in [0.1, 0.15) is 0 Å². The van der Waals surface area contributed by atoms with E-state index in [2.05, 4.69) is 17.1 Å². The molecule has 1 aliphatic rings. The van der Waals surface area contributed by atoms with Crippen LogP contribution in [0.3, 0.4) is 0 Å². The first kappa shape index (κ1) is 16.7. The third kappa shape index (κ3) is 3.50. The minimum absolute atomic E-state index is 0.251. The van der Waals surface area contributed by atoms with E-state index >= 15 is 0 Å². The zero-order valence-corrected chi connectivity index (χ0v) is 15.0. The quantitative estimate of drug-likeness (QED) is 0.871. The van der Waals surface area contributed by atoms with E-state index < -0.39 is 0 Å². The number of hydrogen-bond donors (Lipinski definition) is 0. The van der Waals surface area contributed by atoms with Crippen molar-refractivity contribution in [3.8, 4) is 11.4 Å². The van der Waals surface area contributed by atoms with E-state index in [1.165, 1.54) is 0 Å². The molecule has 1 aliphatic heterocycles. The van der Waals surface area contributed by atoms with Gasteiger partial charge in [-0.1, -0.05) is 26.8 Å². The van der Waals surface area contributed by atoms with Gasteiger partial charge in [-0.2, -0.15) is 0 Å². The van der Waals surface area contributed by atoms with Gasteiger partial charge < -0.3 is 9.47 Å². The molecule has 2 aromatic heterocycles. The fourth-order valence-corrected chi connectivity index (χ4v) is 3.29. The van der Waals surface area contributed by atoms with Gasteiger partial charge in [-0.15, -0.1) is 0 Å². The van der Waals surface area contributed by atoms with E-state index in [0.29, 0.717) is 5.92 Å². The zero-order valence-electron chi connectivity index (χ0n) is 15.0. The Bertz CT molecular complexity index is 729. The van der Waals surface area contributed by atoms with Crippen molar-refractivity contribution < 1.29 is 4.79 Å². The van der Waals surface area contributed by atoms with E-state index in [1.807, 2.05) is 49.5 Å². The molecular formula is C19H26N4O. The van der Waals surface area contributed by atoms with E-state index in [0.717, 1.165) is 43.0 Å². The van der Waals surface area contributed by atoms with Crippen molar-refractivity contribution in [1.82, 2.24) is 19.4 Å². The SMILES string of the molecule is Cn1cncc1-c1cccc(C[C@H]2CCN(C(=O)C(C)(C)C)C2)n1. The second kappa shape index (κ2) is 6.38. The lowest BCUT2D eigenvalue weighted by Crippen LogP contribution is -2.38. The number of nitrogens with zero attached hydrogens (tertiary/aromatic N) is 4. The lowest BCUT2D eigenvalue weighted by atomic mass is 9.95. The minimum Gasteiger partial charge on any atom is -0.342 e. The van der Waals surface area contributed by atoms with E-state index in [-0.39, 0.29) is 11.3 Å². The molecule has 0 spiro atoms. The first-order valence-corrected chi connectivity index (χ1v) is 8.56. The number of pyridine rings is 1. The molecular weight excluding hydrogens is 300 g/mol. The van der Waals surface area contributed by atoms with Crippen molar-refractivity contribution in [2.75, 3.05) is 13.1 Å². The van der Waals surface area contributed by atoms with Crippen LogP contribution in [0.25, 0.3) is 11.4 Å². The van der Waals surface area contributed by atoms with Gasteiger partial charge in [0.05, 0.1) is 23.9 Å². The van der Waals surface area contributed by atoms with Crippen LogP contribution in [-0.2, 0) is 18.3 Å². The number of amides is 1. The van der Waals surface area contributed by atoms with Crippen molar-refractivity contribution >= 4 is 5.91 Å². The smallest absolute Gasteiger partial charge is 0.227 e. The summed E-state index contributed by atoms with van der Waals surface area (Å²) < 4.78 is 1.98. The zero-order chi connectivity index (χ0) is 17.3. The number of rotatable bonds is 3. The molecule has 0 N–H and O–H groups in total. The molecule has 1 saturated heterocycles. The van der Waals surface area contributed by atoms with Crippen molar-refractivity contribution in [3.63, 3.8) is 0 Å². The Labute approximate surface area is 143 Å². The Morgan fingerprint density at radius 2 is 2.12 bits per heavy atom. The molecule has 2 aromatic rings. The van der Waals surface area contributed by atoms with Gasteiger partial charge in [0.2, 0.25) is 5.91 Å². The molecule has 24 heavy (non-hydrogen) atoms. The molecule has 1 atom stereocenters. The van der Waals surface area contributed by atoms with Gasteiger partial charge in [-0.05, 0) is 30.9 Å². The average molecular weight is 326 g/mol. The van der Waals surface area contributed by atoms with Gasteiger partial charge >= 0.3 is 0 Å². The van der Waals surface area contributed by atoms with Crippen LogP contribution in [0.15, 0.2) is 30.7 Å². The largest absolute Gasteiger partial charge is 0.342 e. The summed E-state index contributed by atoms with van der Waals surface area (Å²) in [4.78, 5) is 23.4. The van der Waals surface area contributed by atoms with Crippen molar-refractivity contribution in [3.05, 3.63) is 36.4 Å². The van der Waals surface area contributed by atoms with Crippen LogP contribution in [0, 0.1) is 11.3 Å². The maximum atomic E-state index is 12.4. The Balaban J connectivity index is 1.68. The Kier molecular flexibility index (Phi) is 4.43. The highest BCUT2D eigenvalue weighted by Crippen LogP contribution is 2.26. The summed E-state index contributed by atoms with van der Waals surface area (Å²) in [7, 11) is 1.98. The number of carbonyl (C=O) groups excluding carboxylic acids is 1. The molecule has 0 aliphatic carbocycles. The average Bonchev–Trinajstić information content (AvgIpc) is 3.15. The highest BCUT2D eigenvalue weighted by molar-refractivity contribution is 5.81. The summed E-state index contributed by atoms with van der Waals surface area (Å²) in [5.41, 5.74) is 2.76. The molecule has 0 radical (unpaired) electrons. The molecule has 5 nitrogen and oxygen atoms in total.